The number of aryl methyl sites for hydroxylation is 3. The zero-order chi connectivity index (χ0) is 22.2. The predicted molar refractivity (Wildman–Crippen MR) is 119 cm³/mol. The molecule has 1 N–H and O–H groups in total. The van der Waals surface area contributed by atoms with E-state index in [1.807, 2.05) is 29.7 Å². The molecular formula is C23H23FN4O2S. The highest BCUT2D eigenvalue weighted by Gasteiger charge is 2.20. The Hall–Kier alpha value is -3.10. The van der Waals surface area contributed by atoms with E-state index >= 15 is 0 Å². The van der Waals surface area contributed by atoms with Crippen LogP contribution in [0.25, 0.3) is 22.6 Å². The van der Waals surface area contributed by atoms with Crippen LogP contribution in [0.5, 0.6) is 0 Å². The molecule has 2 heterocycles. The Bertz CT molecular complexity index is 1340. The van der Waals surface area contributed by atoms with Gasteiger partial charge >= 0.3 is 0 Å². The lowest BCUT2D eigenvalue weighted by Gasteiger charge is -2.14. The average Bonchev–Trinajstić information content (AvgIpc) is 3.06. The number of hydrogen-bond donors (Lipinski definition) is 1. The van der Waals surface area contributed by atoms with Crippen LogP contribution in [0.15, 0.2) is 59.6 Å². The Kier molecular flexibility index (Phi) is 5.60. The maximum atomic E-state index is 13.4. The average molecular weight is 439 g/mol. The molecule has 0 aliphatic carbocycles. The van der Waals surface area contributed by atoms with Crippen LogP contribution in [-0.2, 0) is 16.6 Å². The van der Waals surface area contributed by atoms with Gasteiger partial charge in [0.15, 0.2) is 5.65 Å². The van der Waals surface area contributed by atoms with Gasteiger partial charge in [-0.15, -0.1) is 0 Å². The van der Waals surface area contributed by atoms with Gasteiger partial charge in [-0.25, -0.2) is 27.5 Å². The molecule has 0 spiro atoms. The van der Waals surface area contributed by atoms with Crippen molar-refractivity contribution in [2.45, 2.75) is 32.2 Å². The molecule has 0 amide bonds. The monoisotopic (exact) mass is 438 g/mol. The SMILES string of the molecule is Cc1cc(C)c(S(=O)(=O)NCCn2c(-c3ccc(F)cc3)nc3cccnc32)c(C)c1. The normalized spacial score (nSPS) is 11.9. The number of hydrogen-bond acceptors (Lipinski definition) is 4. The summed E-state index contributed by atoms with van der Waals surface area (Å²) in [7, 11) is -3.68. The summed E-state index contributed by atoms with van der Waals surface area (Å²) in [4.78, 5) is 9.34. The number of benzene rings is 2. The highest BCUT2D eigenvalue weighted by atomic mass is 32.2. The van der Waals surface area contributed by atoms with Crippen LogP contribution in [0.2, 0.25) is 0 Å². The molecule has 31 heavy (non-hydrogen) atoms. The maximum Gasteiger partial charge on any atom is 0.241 e. The first-order valence-electron chi connectivity index (χ1n) is 9.91. The van der Waals surface area contributed by atoms with Gasteiger partial charge in [0, 0.05) is 24.8 Å². The van der Waals surface area contributed by atoms with Gasteiger partial charge in [0.2, 0.25) is 10.0 Å². The number of halogens is 1. The lowest BCUT2D eigenvalue weighted by atomic mass is 10.1. The van der Waals surface area contributed by atoms with Gasteiger partial charge in [-0.1, -0.05) is 17.7 Å². The van der Waals surface area contributed by atoms with E-state index in [9.17, 15) is 12.8 Å². The van der Waals surface area contributed by atoms with E-state index in [4.69, 9.17) is 0 Å². The van der Waals surface area contributed by atoms with E-state index in [2.05, 4.69) is 14.7 Å². The minimum Gasteiger partial charge on any atom is -0.307 e. The first kappa shape index (κ1) is 21.1. The topological polar surface area (TPSA) is 76.9 Å². The Morgan fingerprint density at radius 1 is 1.03 bits per heavy atom. The van der Waals surface area contributed by atoms with Crippen molar-refractivity contribution in [2.75, 3.05) is 6.54 Å². The summed E-state index contributed by atoms with van der Waals surface area (Å²) < 4.78 is 43.9. The summed E-state index contributed by atoms with van der Waals surface area (Å²) in [6.45, 7) is 6.02. The quantitative estimate of drug-likeness (QED) is 0.491. The Balaban J connectivity index is 1.64. The number of aromatic nitrogens is 3. The van der Waals surface area contributed by atoms with Crippen LogP contribution in [0.1, 0.15) is 16.7 Å². The Morgan fingerprint density at radius 2 is 1.71 bits per heavy atom. The molecule has 0 fully saturated rings. The fraction of sp³-hybridized carbons (Fsp3) is 0.217. The summed E-state index contributed by atoms with van der Waals surface area (Å²) >= 11 is 0. The Morgan fingerprint density at radius 3 is 2.39 bits per heavy atom. The van der Waals surface area contributed by atoms with Gasteiger partial charge in [0.1, 0.15) is 17.2 Å². The van der Waals surface area contributed by atoms with Crippen LogP contribution in [0, 0.1) is 26.6 Å². The first-order valence-corrected chi connectivity index (χ1v) is 11.4. The molecule has 6 nitrogen and oxygen atoms in total. The third-order valence-corrected chi connectivity index (χ3v) is 6.87. The summed E-state index contributed by atoms with van der Waals surface area (Å²) in [6, 6.07) is 13.4. The van der Waals surface area contributed by atoms with Gasteiger partial charge in [0.25, 0.3) is 0 Å². The van der Waals surface area contributed by atoms with Crippen molar-refractivity contribution in [2.24, 2.45) is 0 Å². The second-order valence-electron chi connectivity index (χ2n) is 7.57. The van der Waals surface area contributed by atoms with Crippen molar-refractivity contribution in [3.05, 3.63) is 77.2 Å². The number of rotatable bonds is 6. The molecule has 0 radical (unpaired) electrons. The lowest BCUT2D eigenvalue weighted by molar-refractivity contribution is 0.573. The van der Waals surface area contributed by atoms with E-state index < -0.39 is 10.0 Å². The molecule has 0 saturated heterocycles. The number of nitrogens with zero attached hydrogens (tertiary/aromatic N) is 3. The molecule has 0 bridgehead atoms. The Labute approximate surface area is 180 Å². The van der Waals surface area contributed by atoms with Crippen LogP contribution in [0.4, 0.5) is 4.39 Å². The molecule has 0 atom stereocenters. The standard InChI is InChI=1S/C23H23FN4O2S/c1-15-13-16(2)21(17(3)14-15)31(29,30)26-11-12-28-22(18-6-8-19(24)9-7-18)27-20-5-4-10-25-23(20)28/h4-10,13-14,26H,11-12H2,1-3H3. The fourth-order valence-electron chi connectivity index (χ4n) is 3.94. The molecule has 2 aromatic heterocycles. The summed E-state index contributed by atoms with van der Waals surface area (Å²) in [6.07, 6.45) is 1.66. The van der Waals surface area contributed by atoms with Crippen molar-refractivity contribution in [3.63, 3.8) is 0 Å². The number of fused-ring (bicyclic) bond motifs is 1. The minimum absolute atomic E-state index is 0.158. The minimum atomic E-state index is -3.68. The van der Waals surface area contributed by atoms with Crippen molar-refractivity contribution < 1.29 is 12.8 Å². The maximum absolute atomic E-state index is 13.4. The van der Waals surface area contributed by atoms with Gasteiger partial charge < -0.3 is 4.57 Å². The largest absolute Gasteiger partial charge is 0.307 e. The van der Waals surface area contributed by atoms with Gasteiger partial charge in [0.05, 0.1) is 4.90 Å². The van der Waals surface area contributed by atoms with E-state index in [-0.39, 0.29) is 12.4 Å². The predicted octanol–water partition coefficient (Wildman–Crippen LogP) is 4.14. The number of nitrogens with one attached hydrogen (secondary N) is 1. The number of imidazole rings is 1. The van der Waals surface area contributed by atoms with Crippen LogP contribution >= 0.6 is 0 Å². The van der Waals surface area contributed by atoms with Gasteiger partial charge in [-0.3, -0.25) is 0 Å². The van der Waals surface area contributed by atoms with Crippen LogP contribution in [-0.4, -0.2) is 29.5 Å². The highest BCUT2D eigenvalue weighted by molar-refractivity contribution is 7.89. The molecule has 0 unspecified atom stereocenters. The third-order valence-electron chi connectivity index (χ3n) is 5.11. The van der Waals surface area contributed by atoms with E-state index in [0.717, 1.165) is 11.1 Å². The van der Waals surface area contributed by atoms with Crippen molar-refractivity contribution >= 4 is 21.2 Å². The third kappa shape index (κ3) is 4.22. The van der Waals surface area contributed by atoms with E-state index in [1.165, 1.54) is 12.1 Å². The highest BCUT2D eigenvalue weighted by Crippen LogP contribution is 2.24. The van der Waals surface area contributed by atoms with Crippen LogP contribution in [0.3, 0.4) is 0 Å². The molecule has 0 saturated carbocycles. The number of sulfonamides is 1. The lowest BCUT2D eigenvalue weighted by Crippen LogP contribution is -2.29. The van der Waals surface area contributed by atoms with Crippen LogP contribution < -0.4 is 4.72 Å². The van der Waals surface area contributed by atoms with Crippen molar-refractivity contribution in [1.82, 2.24) is 19.3 Å². The molecule has 4 aromatic rings. The smallest absolute Gasteiger partial charge is 0.241 e. The van der Waals surface area contributed by atoms with Gasteiger partial charge in [-0.05, 0) is 68.3 Å². The van der Waals surface area contributed by atoms with Gasteiger partial charge in [-0.2, -0.15) is 0 Å². The van der Waals surface area contributed by atoms with Crippen molar-refractivity contribution in [3.8, 4) is 11.4 Å². The summed E-state index contributed by atoms with van der Waals surface area (Å²) in [5.41, 5.74) is 4.51. The molecule has 0 aliphatic heterocycles. The number of pyridine rings is 1. The molecule has 0 aliphatic rings. The molecular weight excluding hydrogens is 415 g/mol. The summed E-state index contributed by atoms with van der Waals surface area (Å²) in [5, 5.41) is 0. The summed E-state index contributed by atoms with van der Waals surface area (Å²) in [5.74, 6) is 0.275. The van der Waals surface area contributed by atoms with E-state index in [1.54, 1.807) is 38.2 Å². The fourth-order valence-corrected chi connectivity index (χ4v) is 5.41. The molecule has 8 heteroatoms. The molecule has 160 valence electrons. The molecule has 4 rings (SSSR count). The first-order chi connectivity index (χ1) is 14.8. The zero-order valence-electron chi connectivity index (χ0n) is 17.6. The second kappa shape index (κ2) is 8.20. The molecule has 2 aromatic carbocycles. The second-order valence-corrected chi connectivity index (χ2v) is 9.27. The zero-order valence-corrected chi connectivity index (χ0v) is 18.4. The van der Waals surface area contributed by atoms with Crippen molar-refractivity contribution in [1.29, 1.82) is 0 Å². The van der Waals surface area contributed by atoms with E-state index in [0.29, 0.717) is 39.6 Å².